The molecule has 5 rings (SSSR count). The van der Waals surface area contributed by atoms with E-state index in [1.807, 2.05) is 18.2 Å². The monoisotopic (exact) mass is 375 g/mol. The summed E-state index contributed by atoms with van der Waals surface area (Å²) < 4.78 is 12.9. The number of carbonyl (C=O) groups excluding carboxylic acids is 1. The maximum Gasteiger partial charge on any atom is 0.482 e. The first-order chi connectivity index (χ1) is 12.3. The summed E-state index contributed by atoms with van der Waals surface area (Å²) in [6, 6.07) is 10.1. The second kappa shape index (κ2) is 6.54. The van der Waals surface area contributed by atoms with Gasteiger partial charge in [0.05, 0.1) is 17.6 Å². The lowest BCUT2D eigenvalue weighted by Gasteiger charge is -2.64. The van der Waals surface area contributed by atoms with E-state index in [-0.39, 0.29) is 29.4 Å². The molecule has 140 valence electrons. The van der Waals surface area contributed by atoms with Gasteiger partial charge >= 0.3 is 7.12 Å². The van der Waals surface area contributed by atoms with Crippen LogP contribution in [0.4, 0.5) is 0 Å². The molecule has 0 spiro atoms. The van der Waals surface area contributed by atoms with E-state index in [0.717, 1.165) is 12.0 Å². The molecule has 5 atom stereocenters. The molecular formula is C20H27BClNO3. The van der Waals surface area contributed by atoms with Crippen molar-refractivity contribution < 1.29 is 14.1 Å². The van der Waals surface area contributed by atoms with E-state index < -0.39 is 7.12 Å². The normalized spacial score (nSPS) is 35.4. The number of alkyl halides is 1. The summed E-state index contributed by atoms with van der Waals surface area (Å²) in [5.41, 5.74) is 1.17. The highest BCUT2D eigenvalue weighted by Gasteiger charge is 2.68. The molecule has 1 heterocycles. The number of halogens is 1. The molecule has 6 heteroatoms. The van der Waals surface area contributed by atoms with Gasteiger partial charge in [0.1, 0.15) is 5.88 Å². The summed E-state index contributed by atoms with van der Waals surface area (Å²) in [7, 11) is -0.437. The number of nitrogens with one attached hydrogen (secondary N) is 1. The first-order valence-electron chi connectivity index (χ1n) is 9.57. The Bertz CT molecular complexity index is 685. The van der Waals surface area contributed by atoms with Crippen molar-refractivity contribution in [2.75, 3.05) is 5.88 Å². The van der Waals surface area contributed by atoms with E-state index in [9.17, 15) is 4.79 Å². The first kappa shape index (κ1) is 18.3. The molecule has 1 saturated heterocycles. The van der Waals surface area contributed by atoms with E-state index in [1.54, 1.807) is 0 Å². The molecule has 0 unspecified atom stereocenters. The number of hydrogen-bond acceptors (Lipinski definition) is 3. The van der Waals surface area contributed by atoms with Crippen LogP contribution in [-0.2, 0) is 20.5 Å². The Morgan fingerprint density at radius 2 is 2.04 bits per heavy atom. The predicted molar refractivity (Wildman–Crippen MR) is 103 cm³/mol. The van der Waals surface area contributed by atoms with Crippen LogP contribution in [0, 0.1) is 17.3 Å². The Morgan fingerprint density at radius 3 is 2.69 bits per heavy atom. The zero-order valence-corrected chi connectivity index (χ0v) is 16.5. The second-order valence-electron chi connectivity index (χ2n) is 8.83. The van der Waals surface area contributed by atoms with Crippen LogP contribution in [-0.4, -0.2) is 36.6 Å². The number of benzene rings is 1. The molecule has 1 aromatic carbocycles. The zero-order valence-electron chi connectivity index (χ0n) is 15.7. The number of amides is 1. The maximum absolute atomic E-state index is 12.0. The van der Waals surface area contributed by atoms with Gasteiger partial charge in [-0.15, -0.1) is 11.6 Å². The van der Waals surface area contributed by atoms with Crippen LogP contribution >= 0.6 is 11.6 Å². The predicted octanol–water partition coefficient (Wildman–Crippen LogP) is 3.22. The van der Waals surface area contributed by atoms with Crippen LogP contribution in [0.25, 0.3) is 0 Å². The number of carbonyl (C=O) groups is 1. The number of rotatable bonds is 5. The van der Waals surface area contributed by atoms with Gasteiger partial charge in [0.2, 0.25) is 5.91 Å². The van der Waals surface area contributed by atoms with Crippen molar-refractivity contribution in [3.8, 4) is 0 Å². The molecule has 0 radical (unpaired) electrons. The van der Waals surface area contributed by atoms with E-state index in [2.05, 4.69) is 38.2 Å². The van der Waals surface area contributed by atoms with Gasteiger partial charge in [0.15, 0.2) is 0 Å². The van der Waals surface area contributed by atoms with Crippen molar-refractivity contribution in [2.45, 2.75) is 57.7 Å². The smallest absolute Gasteiger partial charge is 0.404 e. The third-order valence-corrected chi connectivity index (χ3v) is 7.31. The van der Waals surface area contributed by atoms with Crippen molar-refractivity contribution >= 4 is 24.6 Å². The van der Waals surface area contributed by atoms with Crippen molar-refractivity contribution in [3.63, 3.8) is 0 Å². The van der Waals surface area contributed by atoms with E-state index in [1.165, 1.54) is 6.42 Å². The van der Waals surface area contributed by atoms with E-state index >= 15 is 0 Å². The lowest BCUT2D eigenvalue weighted by molar-refractivity contribution is -0.199. The van der Waals surface area contributed by atoms with Gasteiger partial charge in [-0.3, -0.25) is 4.79 Å². The van der Waals surface area contributed by atoms with Gasteiger partial charge in [-0.2, -0.15) is 0 Å². The van der Waals surface area contributed by atoms with Crippen LogP contribution in [0.1, 0.15) is 39.2 Å². The maximum atomic E-state index is 12.0. The van der Waals surface area contributed by atoms with Crippen LogP contribution < -0.4 is 5.32 Å². The minimum Gasteiger partial charge on any atom is -0.404 e. The van der Waals surface area contributed by atoms with Crippen molar-refractivity contribution in [3.05, 3.63) is 35.9 Å². The van der Waals surface area contributed by atoms with Gasteiger partial charge < -0.3 is 14.6 Å². The SMILES string of the molecule is CC1(C)[C@@H]2C[C@H]3OB([C@H](Cc4ccccc4)NC(=O)CCl)O[C@@]3(C)[C@H]1C2. The number of hydrogen-bond donors (Lipinski definition) is 1. The fraction of sp³-hybridized carbons (Fsp3) is 0.650. The molecule has 0 aromatic heterocycles. The van der Waals surface area contributed by atoms with Gasteiger partial charge in [-0.25, -0.2) is 0 Å². The second-order valence-corrected chi connectivity index (χ2v) is 9.10. The molecule has 2 bridgehead atoms. The molecule has 1 aromatic rings. The topological polar surface area (TPSA) is 47.6 Å². The zero-order chi connectivity index (χ0) is 18.5. The fourth-order valence-electron chi connectivity index (χ4n) is 5.40. The fourth-order valence-corrected chi connectivity index (χ4v) is 5.48. The Morgan fingerprint density at radius 1 is 1.31 bits per heavy atom. The Labute approximate surface area is 161 Å². The highest BCUT2D eigenvalue weighted by atomic mass is 35.5. The lowest BCUT2D eigenvalue weighted by atomic mass is 9.43. The van der Waals surface area contributed by atoms with Crippen LogP contribution in [0.5, 0.6) is 0 Å². The average Bonchev–Trinajstić information content (AvgIpc) is 2.98. The lowest BCUT2D eigenvalue weighted by Crippen LogP contribution is -2.65. The summed E-state index contributed by atoms with van der Waals surface area (Å²) in [4.78, 5) is 12.0. The third-order valence-electron chi connectivity index (χ3n) is 7.06. The highest BCUT2D eigenvalue weighted by molar-refractivity contribution is 6.48. The van der Waals surface area contributed by atoms with Crippen LogP contribution in [0.15, 0.2) is 30.3 Å². The molecule has 4 aliphatic rings. The summed E-state index contributed by atoms with van der Waals surface area (Å²) in [6.07, 6.45) is 3.02. The molecule has 1 N–H and O–H groups in total. The Balaban J connectivity index is 1.54. The molecule has 1 aliphatic heterocycles. The van der Waals surface area contributed by atoms with Gasteiger partial charge in [0, 0.05) is 0 Å². The molecule has 26 heavy (non-hydrogen) atoms. The molecule has 4 fully saturated rings. The Kier molecular flexibility index (Phi) is 4.61. The molecule has 3 saturated carbocycles. The summed E-state index contributed by atoms with van der Waals surface area (Å²) in [6.45, 7) is 6.89. The minimum atomic E-state index is -0.437. The molecule has 4 nitrogen and oxygen atoms in total. The van der Waals surface area contributed by atoms with Crippen LogP contribution in [0.2, 0.25) is 0 Å². The van der Waals surface area contributed by atoms with Gasteiger partial charge in [0.25, 0.3) is 0 Å². The van der Waals surface area contributed by atoms with Gasteiger partial charge in [-0.05, 0) is 49.0 Å². The molecule has 1 amide bonds. The summed E-state index contributed by atoms with van der Waals surface area (Å²) in [5, 5.41) is 3.01. The van der Waals surface area contributed by atoms with Crippen molar-refractivity contribution in [1.29, 1.82) is 0 Å². The quantitative estimate of drug-likeness (QED) is 0.635. The highest BCUT2D eigenvalue weighted by Crippen LogP contribution is 2.65. The van der Waals surface area contributed by atoms with Crippen LogP contribution in [0.3, 0.4) is 0 Å². The third kappa shape index (κ3) is 2.89. The standard InChI is InChI=1S/C20H27BClNO3/c1-19(2)14-10-15(19)20(3)16(11-14)25-21(26-20)17(23-18(24)12-22)9-13-7-5-4-6-8-13/h4-8,14-17H,9-12H2,1-3H3,(H,23,24)/t14-,15-,16+,17-,20-/m0/s1. The van der Waals surface area contributed by atoms with Crippen molar-refractivity contribution in [2.24, 2.45) is 17.3 Å². The van der Waals surface area contributed by atoms with E-state index in [0.29, 0.717) is 23.7 Å². The minimum absolute atomic E-state index is 0.0591. The van der Waals surface area contributed by atoms with E-state index in [4.69, 9.17) is 20.9 Å². The average molecular weight is 376 g/mol. The summed E-state index contributed by atoms with van der Waals surface area (Å²) in [5.74, 6) is 0.717. The first-order valence-corrected chi connectivity index (χ1v) is 10.1. The van der Waals surface area contributed by atoms with Crippen molar-refractivity contribution in [1.82, 2.24) is 5.32 Å². The Hall–Kier alpha value is -1.04. The molecular weight excluding hydrogens is 348 g/mol. The summed E-state index contributed by atoms with van der Waals surface area (Å²) >= 11 is 5.73. The largest absolute Gasteiger partial charge is 0.482 e. The molecule has 3 aliphatic carbocycles. The van der Waals surface area contributed by atoms with Gasteiger partial charge in [-0.1, -0.05) is 44.2 Å².